The molecule has 1 aliphatic rings. The van der Waals surface area contributed by atoms with Crippen molar-refractivity contribution >= 4 is 6.34 Å². The van der Waals surface area contributed by atoms with E-state index < -0.39 is 0 Å². The zero-order valence-corrected chi connectivity index (χ0v) is 34.0. The van der Waals surface area contributed by atoms with Crippen LogP contribution in [0.25, 0.3) is 0 Å². The molecule has 46 valence electrons. The third-order valence-electron chi connectivity index (χ3n) is 0.514. The van der Waals surface area contributed by atoms with Crippen LogP contribution in [0.3, 0.4) is 0 Å². The molecule has 4 nitrogen and oxygen atoms in total. The predicted molar refractivity (Wildman–Crippen MR) is 26.1 cm³/mol. The van der Waals surface area contributed by atoms with Crippen LogP contribution in [0, 0.1) is 14.2 Å². The molecular formula is C3H6FN4Rb5+4. The molecule has 0 aliphatic carbocycles. The molecule has 1 heterocycles. The topological polar surface area (TPSA) is 41.5 Å². The average molecular weight is 544 g/mol. The Bertz CT molecular complexity index is 110. The first-order valence-corrected chi connectivity index (χ1v) is 1.68. The van der Waals surface area contributed by atoms with Gasteiger partial charge in [-0.05, 0) is 0 Å². The van der Waals surface area contributed by atoms with Crippen LogP contribution in [0.5, 0.6) is 0 Å². The minimum absolute atomic E-state index is 0. The first kappa shape index (κ1) is 37.4. The number of rotatable bonds is 1. The molecule has 0 saturated heterocycles. The molecule has 0 aromatic carbocycles. The largest absolute Gasteiger partial charge is 1.00 e. The van der Waals surface area contributed by atoms with E-state index in [0.29, 0.717) is 6.80 Å². The van der Waals surface area contributed by atoms with Gasteiger partial charge in [0.25, 0.3) is 0 Å². The van der Waals surface area contributed by atoms with Crippen molar-refractivity contribution in [3.05, 3.63) is 14.2 Å². The molecule has 1 unspecified atom stereocenters. The summed E-state index contributed by atoms with van der Waals surface area (Å²) in [5.41, 5.74) is 0. The fourth-order valence-electron chi connectivity index (χ4n) is 0.238. The monoisotopic (exact) mass is 542 g/mol. The molecule has 1 aliphatic heterocycles. The molecule has 13 heavy (non-hydrogen) atoms. The minimum atomic E-state index is 0. The summed E-state index contributed by atoms with van der Waals surface area (Å²) < 4.78 is 11.3. The molecule has 0 spiro atoms. The number of hydrogen-bond donors (Lipinski definition) is 1. The Morgan fingerprint density at radius 2 is 1.54 bits per heavy atom. The Morgan fingerprint density at radius 1 is 1.08 bits per heavy atom. The van der Waals surface area contributed by atoms with Gasteiger partial charge in [-0.15, -0.1) is 0 Å². The van der Waals surface area contributed by atoms with Gasteiger partial charge in [-0.2, -0.15) is 0 Å². The SMILES string of the molecule is F[CH-][NH+]1C=NN=N1.[CH3-].[Rb+].[Rb+].[Rb+].[Rb+].[Rb+]. The fraction of sp³-hybridized carbons (Fsp3) is 0. The van der Waals surface area contributed by atoms with Crippen molar-refractivity contribution in [2.45, 2.75) is 0 Å². The standard InChI is InChI=1S/C2H3FN4.CH3.5Rb/c3-1-7-2-4-5-6-7;;;;;;/h1-2,7H;1H3;;;;;/q;-1;5*+1. The van der Waals surface area contributed by atoms with Crippen molar-refractivity contribution in [1.82, 2.24) is 0 Å². The summed E-state index contributed by atoms with van der Waals surface area (Å²) in [6.45, 7) is 0.347. The molecule has 0 radical (unpaired) electrons. The van der Waals surface area contributed by atoms with E-state index in [9.17, 15) is 4.39 Å². The smallest absolute Gasteiger partial charge is 0.390 e. The summed E-state index contributed by atoms with van der Waals surface area (Å²) in [6.07, 6.45) is 1.24. The third kappa shape index (κ3) is 22.6. The maximum absolute atomic E-state index is 11.3. The maximum atomic E-state index is 11.3. The van der Waals surface area contributed by atoms with E-state index >= 15 is 0 Å². The summed E-state index contributed by atoms with van der Waals surface area (Å²) in [6, 6.07) is 0. The normalized spacial score (nSPS) is 14.4. The predicted octanol–water partition coefficient (Wildman–Crippen LogP) is -15.2. The van der Waals surface area contributed by atoms with E-state index in [0.717, 1.165) is 0 Å². The number of halogens is 1. The van der Waals surface area contributed by atoms with Gasteiger partial charge in [-0.25, -0.2) is 5.01 Å². The molecule has 0 aromatic heterocycles. The van der Waals surface area contributed by atoms with Gasteiger partial charge in [0, 0.05) is 10.4 Å². The van der Waals surface area contributed by atoms with Crippen LogP contribution in [0.4, 0.5) is 4.39 Å². The van der Waals surface area contributed by atoms with Gasteiger partial charge >= 0.3 is 291 Å². The van der Waals surface area contributed by atoms with Crippen LogP contribution in [0.1, 0.15) is 0 Å². The quantitative estimate of drug-likeness (QED) is 0.252. The molecule has 1 atom stereocenters. The summed E-state index contributed by atoms with van der Waals surface area (Å²) >= 11 is 0. The first-order valence-electron chi connectivity index (χ1n) is 1.68. The molecule has 0 saturated carbocycles. The number of hydrogen-bond acceptors (Lipinski definition) is 3. The second kappa shape index (κ2) is 28.4. The molecular weight excluding hydrogens is 538 g/mol. The zero-order chi connectivity index (χ0) is 5.11. The summed E-state index contributed by atoms with van der Waals surface area (Å²) in [7, 11) is 0. The molecule has 1 N–H and O–H groups in total. The average Bonchev–Trinajstić information content (AvgIpc) is 2.14. The second-order valence-electron chi connectivity index (χ2n) is 0.968. The van der Waals surface area contributed by atoms with E-state index in [1.54, 1.807) is 0 Å². The fourth-order valence-corrected chi connectivity index (χ4v) is 0.238. The third-order valence-corrected chi connectivity index (χ3v) is 0.514. The molecule has 0 amide bonds. The maximum Gasteiger partial charge on any atom is 1.00 e. The van der Waals surface area contributed by atoms with Crippen LogP contribution in [0.2, 0.25) is 0 Å². The van der Waals surface area contributed by atoms with Gasteiger partial charge in [0.05, 0.1) is 6.80 Å². The molecule has 0 aromatic rings. The van der Waals surface area contributed by atoms with Gasteiger partial charge in [-0.3, -0.25) is 0 Å². The molecule has 0 fully saturated rings. The number of nitrogens with zero attached hydrogens (tertiary/aromatic N) is 3. The van der Waals surface area contributed by atoms with Crippen LogP contribution in [0.15, 0.2) is 15.5 Å². The molecule has 10 heteroatoms. The van der Waals surface area contributed by atoms with Gasteiger partial charge < -0.3 is 11.8 Å². The van der Waals surface area contributed by atoms with Crippen LogP contribution < -0.4 is 296 Å². The van der Waals surface area contributed by atoms with Crippen LogP contribution in [-0.2, 0) is 0 Å². The van der Waals surface area contributed by atoms with Crippen molar-refractivity contribution in [2.75, 3.05) is 0 Å². The van der Waals surface area contributed by atoms with Crippen LogP contribution >= 0.6 is 0 Å². The van der Waals surface area contributed by atoms with E-state index in [1.165, 1.54) is 6.34 Å². The van der Waals surface area contributed by atoms with Crippen molar-refractivity contribution in [3.63, 3.8) is 0 Å². The second-order valence-corrected chi connectivity index (χ2v) is 0.968. The van der Waals surface area contributed by atoms with Gasteiger partial charge in [0.2, 0.25) is 6.34 Å². The van der Waals surface area contributed by atoms with Crippen molar-refractivity contribution < 1.29 is 300 Å². The van der Waals surface area contributed by atoms with Crippen molar-refractivity contribution in [2.24, 2.45) is 15.5 Å². The van der Waals surface area contributed by atoms with Crippen molar-refractivity contribution in [3.8, 4) is 0 Å². The summed E-state index contributed by atoms with van der Waals surface area (Å²) in [5, 5.41) is 9.79. The Kier molecular flexibility index (Phi) is 81.7. The van der Waals surface area contributed by atoms with Crippen molar-refractivity contribution in [1.29, 1.82) is 0 Å². The van der Waals surface area contributed by atoms with Gasteiger partial charge in [-0.1, -0.05) is 5.10 Å². The Morgan fingerprint density at radius 3 is 1.69 bits per heavy atom. The number of quaternary nitrogens is 1. The Labute approximate surface area is 323 Å². The molecule has 1 rings (SSSR count). The molecule has 0 bridgehead atoms. The summed E-state index contributed by atoms with van der Waals surface area (Å²) in [5.74, 6) is 0. The minimum Gasteiger partial charge on any atom is -0.390 e. The Hall–Kier alpha value is 8.19. The first-order chi connectivity index (χ1) is 3.43. The van der Waals surface area contributed by atoms with E-state index in [1.807, 2.05) is 0 Å². The van der Waals surface area contributed by atoms with E-state index in [4.69, 9.17) is 0 Å². The summed E-state index contributed by atoms with van der Waals surface area (Å²) in [4.78, 5) is 0. The number of nitrogens with one attached hydrogen (secondary N) is 1. The Balaban J connectivity index is -0.0000000204. The van der Waals surface area contributed by atoms with Gasteiger partial charge in [0.1, 0.15) is 0 Å². The van der Waals surface area contributed by atoms with Gasteiger partial charge in [0.15, 0.2) is 0 Å². The van der Waals surface area contributed by atoms with E-state index in [2.05, 4.69) is 15.5 Å². The zero-order valence-electron chi connectivity index (χ0n) is 9.37. The van der Waals surface area contributed by atoms with E-state index in [-0.39, 0.29) is 303 Å². The van der Waals surface area contributed by atoms with Crippen LogP contribution in [-0.4, -0.2) is 6.34 Å².